The van der Waals surface area contributed by atoms with Gasteiger partial charge in [0.2, 0.25) is 5.76 Å². The summed E-state index contributed by atoms with van der Waals surface area (Å²) in [7, 11) is 0. The van der Waals surface area contributed by atoms with Gasteiger partial charge in [0.25, 0.3) is 0 Å². The average molecular weight is 388 g/mol. The van der Waals surface area contributed by atoms with Crippen LogP contribution in [0.25, 0.3) is 22.5 Å². The fourth-order valence-electron chi connectivity index (χ4n) is 2.47. The molecule has 0 N–H and O–H groups in total. The molecule has 0 saturated carbocycles. The van der Waals surface area contributed by atoms with Gasteiger partial charge in [-0.05, 0) is 30.3 Å². The minimum Gasteiger partial charge on any atom is -0.455 e. The smallest absolute Gasteiger partial charge is 0.340 e. The number of carbonyl (C=O) groups is 1. The highest BCUT2D eigenvalue weighted by molar-refractivity contribution is 6.35. The Morgan fingerprint density at radius 1 is 1.04 bits per heavy atom. The van der Waals surface area contributed by atoms with Gasteiger partial charge in [0, 0.05) is 16.5 Å². The van der Waals surface area contributed by atoms with Crippen LogP contribution in [0.3, 0.4) is 0 Å². The molecule has 0 bridgehead atoms. The number of aromatic nitrogens is 1. The topological polar surface area (TPSA) is 65.5 Å². The maximum Gasteiger partial charge on any atom is 0.340 e. The van der Waals surface area contributed by atoms with Gasteiger partial charge in [0.15, 0.2) is 5.76 Å². The zero-order valence-corrected chi connectivity index (χ0v) is 14.8. The normalized spacial score (nSPS) is 11.0. The molecule has 0 aliphatic carbocycles. The maximum atomic E-state index is 12.1. The number of ether oxygens (including phenoxy) is 1. The molecule has 7 heteroatoms. The van der Waals surface area contributed by atoms with Crippen molar-refractivity contribution < 1.29 is 18.5 Å². The monoisotopic (exact) mass is 387 g/mol. The van der Waals surface area contributed by atoms with Gasteiger partial charge < -0.3 is 13.7 Å². The summed E-state index contributed by atoms with van der Waals surface area (Å²) in [5.74, 6) is 0.410. The Morgan fingerprint density at radius 2 is 1.88 bits per heavy atom. The van der Waals surface area contributed by atoms with E-state index in [0.29, 0.717) is 22.2 Å². The first-order valence-electron chi connectivity index (χ1n) is 7.67. The van der Waals surface area contributed by atoms with E-state index in [1.54, 1.807) is 12.1 Å². The first-order chi connectivity index (χ1) is 12.6. The van der Waals surface area contributed by atoms with Crippen molar-refractivity contribution in [2.75, 3.05) is 0 Å². The lowest BCUT2D eigenvalue weighted by Crippen LogP contribution is -2.06. The van der Waals surface area contributed by atoms with Gasteiger partial charge in [-0.3, -0.25) is 0 Å². The van der Waals surface area contributed by atoms with Crippen LogP contribution < -0.4 is 0 Å². The van der Waals surface area contributed by atoms with Gasteiger partial charge in [-0.15, -0.1) is 0 Å². The number of furan rings is 1. The molecule has 0 aliphatic rings. The van der Waals surface area contributed by atoms with Crippen LogP contribution >= 0.6 is 23.2 Å². The molecule has 0 spiro atoms. The lowest BCUT2D eigenvalue weighted by atomic mass is 10.2. The van der Waals surface area contributed by atoms with Crippen LogP contribution in [0.4, 0.5) is 0 Å². The number of hydrogen-bond acceptors (Lipinski definition) is 5. The van der Waals surface area contributed by atoms with Crippen LogP contribution in [0, 0.1) is 0 Å². The molecule has 0 aliphatic heterocycles. The highest BCUT2D eigenvalue weighted by Crippen LogP contribution is 2.28. The van der Waals surface area contributed by atoms with Crippen molar-refractivity contribution in [3.05, 3.63) is 75.9 Å². The van der Waals surface area contributed by atoms with Crippen LogP contribution in [0.2, 0.25) is 10.0 Å². The van der Waals surface area contributed by atoms with Crippen LogP contribution in [0.1, 0.15) is 16.1 Å². The number of nitrogens with zero attached hydrogens (tertiary/aromatic N) is 1. The Balaban J connectivity index is 1.48. The predicted molar refractivity (Wildman–Crippen MR) is 97.3 cm³/mol. The maximum absolute atomic E-state index is 12.1. The third-order valence-corrected chi connectivity index (χ3v) is 4.29. The second kappa shape index (κ2) is 6.86. The van der Waals surface area contributed by atoms with Gasteiger partial charge in [-0.25, -0.2) is 4.79 Å². The van der Waals surface area contributed by atoms with E-state index >= 15 is 0 Å². The highest BCUT2D eigenvalue weighted by Gasteiger charge is 2.16. The molecule has 0 saturated heterocycles. The van der Waals surface area contributed by atoms with Gasteiger partial charge in [-0.1, -0.05) is 46.6 Å². The van der Waals surface area contributed by atoms with E-state index in [1.807, 2.05) is 30.3 Å². The first kappa shape index (κ1) is 16.7. The molecule has 0 fully saturated rings. The average Bonchev–Trinajstić information content (AvgIpc) is 3.28. The van der Waals surface area contributed by atoms with E-state index in [2.05, 4.69) is 5.16 Å². The zero-order valence-electron chi connectivity index (χ0n) is 13.2. The van der Waals surface area contributed by atoms with E-state index in [0.717, 1.165) is 11.0 Å². The summed E-state index contributed by atoms with van der Waals surface area (Å²) in [6.07, 6.45) is 0. The number of hydrogen-bond donors (Lipinski definition) is 0. The zero-order chi connectivity index (χ0) is 18.1. The summed E-state index contributed by atoms with van der Waals surface area (Å²) in [5, 5.41) is 5.52. The van der Waals surface area contributed by atoms with Gasteiger partial charge in [0.05, 0.1) is 10.6 Å². The van der Waals surface area contributed by atoms with Gasteiger partial charge in [0.1, 0.15) is 17.9 Å². The van der Waals surface area contributed by atoms with Crippen molar-refractivity contribution in [2.24, 2.45) is 0 Å². The SMILES string of the molecule is O=C(OCc1cc(-c2cc3ccccc3o2)on1)c1cc(Cl)ccc1Cl. The molecule has 0 radical (unpaired) electrons. The van der Waals surface area contributed by atoms with Crippen molar-refractivity contribution in [3.63, 3.8) is 0 Å². The Bertz CT molecular complexity index is 1070. The molecule has 130 valence electrons. The van der Waals surface area contributed by atoms with Crippen LogP contribution in [0.15, 0.2) is 63.5 Å². The predicted octanol–water partition coefficient (Wildman–Crippen LogP) is 5.75. The number of halogens is 2. The van der Waals surface area contributed by atoms with Crippen molar-refractivity contribution in [2.45, 2.75) is 6.61 Å². The Hall–Kier alpha value is -2.76. The third kappa shape index (κ3) is 3.31. The first-order valence-corrected chi connectivity index (χ1v) is 8.42. The summed E-state index contributed by atoms with van der Waals surface area (Å²) in [4.78, 5) is 12.1. The van der Waals surface area contributed by atoms with Gasteiger partial charge in [-0.2, -0.15) is 0 Å². The van der Waals surface area contributed by atoms with Crippen molar-refractivity contribution in [1.82, 2.24) is 5.16 Å². The van der Waals surface area contributed by atoms with Crippen molar-refractivity contribution >= 4 is 40.1 Å². The molecule has 2 aromatic heterocycles. The molecule has 5 nitrogen and oxygen atoms in total. The van der Waals surface area contributed by atoms with Crippen molar-refractivity contribution in [3.8, 4) is 11.5 Å². The molecule has 26 heavy (non-hydrogen) atoms. The summed E-state index contributed by atoms with van der Waals surface area (Å²) in [5.41, 5.74) is 1.40. The van der Waals surface area contributed by atoms with E-state index in [-0.39, 0.29) is 17.2 Å². The number of fused-ring (bicyclic) bond motifs is 1. The van der Waals surface area contributed by atoms with E-state index in [9.17, 15) is 4.79 Å². The van der Waals surface area contributed by atoms with E-state index in [4.69, 9.17) is 36.9 Å². The molecule has 4 rings (SSSR count). The molecular weight excluding hydrogens is 377 g/mol. The van der Waals surface area contributed by atoms with Crippen LogP contribution in [-0.4, -0.2) is 11.1 Å². The highest BCUT2D eigenvalue weighted by atomic mass is 35.5. The van der Waals surface area contributed by atoms with Gasteiger partial charge >= 0.3 is 5.97 Å². The quantitative estimate of drug-likeness (QED) is 0.417. The Labute approximate surface area is 158 Å². The fourth-order valence-corrected chi connectivity index (χ4v) is 2.84. The Kier molecular flexibility index (Phi) is 4.41. The number of rotatable bonds is 4. The van der Waals surface area contributed by atoms with E-state index in [1.165, 1.54) is 12.1 Å². The second-order valence-electron chi connectivity index (χ2n) is 5.53. The molecule has 0 atom stereocenters. The van der Waals surface area contributed by atoms with Crippen molar-refractivity contribution in [1.29, 1.82) is 0 Å². The minimum absolute atomic E-state index is 0.0641. The largest absolute Gasteiger partial charge is 0.455 e. The van der Waals surface area contributed by atoms with E-state index < -0.39 is 5.97 Å². The lowest BCUT2D eigenvalue weighted by molar-refractivity contribution is 0.0464. The standard InChI is InChI=1S/C19H11Cl2NO4/c20-12-5-6-15(21)14(8-12)19(23)24-10-13-9-18(26-22-13)17-7-11-3-1-2-4-16(11)25-17/h1-9H,10H2. The summed E-state index contributed by atoms with van der Waals surface area (Å²) in [6, 6.07) is 15.7. The number of benzene rings is 2. The Morgan fingerprint density at radius 3 is 2.73 bits per heavy atom. The fraction of sp³-hybridized carbons (Fsp3) is 0.0526. The molecule has 2 aromatic carbocycles. The molecule has 4 aromatic rings. The lowest BCUT2D eigenvalue weighted by Gasteiger charge is -2.04. The minimum atomic E-state index is -0.592. The molecule has 0 amide bonds. The summed E-state index contributed by atoms with van der Waals surface area (Å²) in [6.45, 7) is -0.0641. The molecule has 2 heterocycles. The molecular formula is C19H11Cl2NO4. The second-order valence-corrected chi connectivity index (χ2v) is 6.37. The summed E-state index contributed by atoms with van der Waals surface area (Å²) >= 11 is 11.9. The number of para-hydroxylation sites is 1. The van der Waals surface area contributed by atoms with Crippen LogP contribution in [-0.2, 0) is 11.3 Å². The number of carbonyl (C=O) groups excluding carboxylic acids is 1. The number of esters is 1. The molecule has 0 unspecified atom stereocenters. The summed E-state index contributed by atoms with van der Waals surface area (Å²) < 4.78 is 16.2. The van der Waals surface area contributed by atoms with Crippen LogP contribution in [0.5, 0.6) is 0 Å². The third-order valence-electron chi connectivity index (χ3n) is 3.73.